The number of hydrogen-bond acceptors (Lipinski definition) is 6. The molecule has 20 heavy (non-hydrogen) atoms. The first-order valence-corrected chi connectivity index (χ1v) is 8.81. The van der Waals surface area contributed by atoms with Crippen LogP contribution in [0.5, 0.6) is 0 Å². The van der Waals surface area contributed by atoms with Crippen molar-refractivity contribution < 1.29 is 26.4 Å². The molecule has 0 aliphatic carbocycles. The Morgan fingerprint density at radius 3 is 2.30 bits per heavy atom. The van der Waals surface area contributed by atoms with E-state index >= 15 is 0 Å². The summed E-state index contributed by atoms with van der Waals surface area (Å²) in [4.78, 5) is 10.4. The Labute approximate surface area is 118 Å². The van der Waals surface area contributed by atoms with E-state index < -0.39 is 31.8 Å². The van der Waals surface area contributed by atoms with Crippen LogP contribution in [-0.2, 0) is 29.6 Å². The predicted octanol–water partition coefficient (Wildman–Crippen LogP) is 0.248. The van der Waals surface area contributed by atoms with E-state index in [4.69, 9.17) is 0 Å². The van der Waals surface area contributed by atoms with Crippen LogP contribution in [0.1, 0.15) is 13.3 Å². The van der Waals surface area contributed by atoms with Crippen molar-refractivity contribution in [3.8, 4) is 0 Å². The van der Waals surface area contributed by atoms with Gasteiger partial charge in [-0.25, -0.2) is 16.8 Å². The normalized spacial score (nSPS) is 12.1. The average molecular weight is 321 g/mol. The topological polar surface area (TPSA) is 107 Å². The zero-order valence-electron chi connectivity index (χ0n) is 10.8. The van der Waals surface area contributed by atoms with Gasteiger partial charge in [-0.2, -0.15) is 0 Å². The van der Waals surface area contributed by atoms with E-state index in [1.165, 1.54) is 31.2 Å². The molecular formula is C11H15NO6S2. The summed E-state index contributed by atoms with van der Waals surface area (Å²) in [6, 6.07) is 7.17. The molecule has 0 aliphatic rings. The number of hydrogen-bond donors (Lipinski definition) is 1. The number of sulfonamides is 2. The summed E-state index contributed by atoms with van der Waals surface area (Å²) in [7, 11) is -8.13. The van der Waals surface area contributed by atoms with E-state index in [0.29, 0.717) is 0 Å². The highest BCUT2D eigenvalue weighted by molar-refractivity contribution is 8.04. The van der Waals surface area contributed by atoms with Crippen molar-refractivity contribution in [2.45, 2.75) is 18.2 Å². The standard InChI is InChI=1S/C11H15NO6S2/c1-10(13)18-8-5-9-19(14,15)12-20(16,17)11-6-3-2-4-7-11/h2-4,6-7,12H,5,8-9H2,1H3. The fourth-order valence-electron chi connectivity index (χ4n) is 1.32. The van der Waals surface area contributed by atoms with Crippen molar-refractivity contribution in [2.75, 3.05) is 12.4 Å². The van der Waals surface area contributed by atoms with Crippen LogP contribution >= 0.6 is 0 Å². The largest absolute Gasteiger partial charge is 0.466 e. The van der Waals surface area contributed by atoms with E-state index in [-0.39, 0.29) is 17.9 Å². The Bertz CT molecular complexity index is 651. The van der Waals surface area contributed by atoms with E-state index in [0.717, 1.165) is 0 Å². The summed E-state index contributed by atoms with van der Waals surface area (Å²) in [5.41, 5.74) is 0. The Balaban J connectivity index is 2.64. The highest BCUT2D eigenvalue weighted by Crippen LogP contribution is 2.08. The van der Waals surface area contributed by atoms with Crippen LogP contribution < -0.4 is 4.13 Å². The molecule has 0 atom stereocenters. The molecule has 1 aromatic carbocycles. The molecule has 9 heteroatoms. The van der Waals surface area contributed by atoms with E-state index in [2.05, 4.69) is 4.74 Å². The fraction of sp³-hybridized carbons (Fsp3) is 0.364. The van der Waals surface area contributed by atoms with Crippen molar-refractivity contribution >= 4 is 26.0 Å². The summed E-state index contributed by atoms with van der Waals surface area (Å²) in [5.74, 6) is -0.973. The number of carbonyl (C=O) groups is 1. The lowest BCUT2D eigenvalue weighted by atomic mass is 10.4. The van der Waals surface area contributed by atoms with Crippen LogP contribution in [0.25, 0.3) is 0 Å². The number of nitrogens with one attached hydrogen (secondary N) is 1. The van der Waals surface area contributed by atoms with Gasteiger partial charge in [-0.1, -0.05) is 18.2 Å². The molecule has 0 unspecified atom stereocenters. The van der Waals surface area contributed by atoms with Gasteiger partial charge in [-0.05, 0) is 18.6 Å². The first-order chi connectivity index (χ1) is 9.23. The second-order valence-corrected chi connectivity index (χ2v) is 7.69. The summed E-state index contributed by atoms with van der Waals surface area (Å²) < 4.78 is 53.1. The molecular weight excluding hydrogens is 306 g/mol. The second-order valence-electron chi connectivity index (χ2n) is 3.91. The van der Waals surface area contributed by atoms with Gasteiger partial charge in [0, 0.05) is 6.92 Å². The minimum atomic E-state index is -4.12. The van der Waals surface area contributed by atoms with E-state index in [1.807, 2.05) is 0 Å². The van der Waals surface area contributed by atoms with Crippen molar-refractivity contribution in [1.82, 2.24) is 4.13 Å². The summed E-state index contributed by atoms with van der Waals surface area (Å²) in [6.45, 7) is 1.12. The fourth-order valence-corrected chi connectivity index (χ4v) is 4.39. The molecule has 112 valence electrons. The maximum absolute atomic E-state index is 11.8. The van der Waals surface area contributed by atoms with Crippen molar-refractivity contribution in [2.24, 2.45) is 0 Å². The van der Waals surface area contributed by atoms with Crippen LogP contribution in [0.2, 0.25) is 0 Å². The van der Waals surface area contributed by atoms with Gasteiger partial charge in [-0.3, -0.25) is 4.79 Å². The highest BCUT2D eigenvalue weighted by atomic mass is 32.3. The Morgan fingerprint density at radius 2 is 1.75 bits per heavy atom. The summed E-state index contributed by atoms with van der Waals surface area (Å²) >= 11 is 0. The van der Waals surface area contributed by atoms with E-state index in [1.54, 1.807) is 10.2 Å². The average Bonchev–Trinajstić information content (AvgIpc) is 2.34. The minimum Gasteiger partial charge on any atom is -0.466 e. The zero-order chi connectivity index (χ0) is 15.2. The van der Waals surface area contributed by atoms with Crippen LogP contribution in [-0.4, -0.2) is 35.2 Å². The lowest BCUT2D eigenvalue weighted by molar-refractivity contribution is -0.140. The molecule has 0 amide bonds. The molecule has 0 heterocycles. The third kappa shape index (κ3) is 5.68. The summed E-state index contributed by atoms with van der Waals surface area (Å²) in [6.07, 6.45) is 0.0131. The molecule has 7 nitrogen and oxygen atoms in total. The predicted molar refractivity (Wildman–Crippen MR) is 71.8 cm³/mol. The van der Waals surface area contributed by atoms with Gasteiger partial charge in [0.25, 0.3) is 10.0 Å². The molecule has 0 bridgehead atoms. The molecule has 1 aromatic rings. The van der Waals surface area contributed by atoms with Crippen molar-refractivity contribution in [3.63, 3.8) is 0 Å². The molecule has 0 saturated carbocycles. The molecule has 0 radical (unpaired) electrons. The van der Waals surface area contributed by atoms with Gasteiger partial charge >= 0.3 is 5.97 Å². The molecule has 1 N–H and O–H groups in total. The Kier molecular flexibility index (Phi) is 5.66. The Morgan fingerprint density at radius 1 is 1.15 bits per heavy atom. The lowest BCUT2D eigenvalue weighted by Gasteiger charge is -2.07. The Hall–Kier alpha value is -1.45. The molecule has 0 fully saturated rings. The van der Waals surface area contributed by atoms with Crippen LogP contribution in [0.15, 0.2) is 35.2 Å². The third-order valence-corrected chi connectivity index (χ3v) is 5.77. The maximum Gasteiger partial charge on any atom is 0.302 e. The number of rotatable bonds is 7. The number of ether oxygens (including phenoxy) is 1. The third-order valence-electron chi connectivity index (χ3n) is 2.15. The first-order valence-electron chi connectivity index (χ1n) is 5.68. The van der Waals surface area contributed by atoms with Gasteiger partial charge in [-0.15, -0.1) is 4.13 Å². The highest BCUT2D eigenvalue weighted by Gasteiger charge is 2.22. The van der Waals surface area contributed by atoms with Gasteiger partial charge in [0.2, 0.25) is 10.0 Å². The van der Waals surface area contributed by atoms with E-state index in [9.17, 15) is 21.6 Å². The molecule has 0 aromatic heterocycles. The molecule has 0 aliphatic heterocycles. The second kappa shape index (κ2) is 6.82. The first kappa shape index (κ1) is 16.6. The zero-order valence-corrected chi connectivity index (χ0v) is 12.4. The number of esters is 1. The molecule has 0 saturated heterocycles. The van der Waals surface area contributed by atoms with Gasteiger partial charge in [0.15, 0.2) is 0 Å². The monoisotopic (exact) mass is 321 g/mol. The minimum absolute atomic E-state index is 0.0131. The van der Waals surface area contributed by atoms with Crippen LogP contribution in [0.4, 0.5) is 0 Å². The van der Waals surface area contributed by atoms with Gasteiger partial charge < -0.3 is 4.74 Å². The smallest absolute Gasteiger partial charge is 0.302 e. The van der Waals surface area contributed by atoms with Crippen molar-refractivity contribution in [3.05, 3.63) is 30.3 Å². The number of carbonyl (C=O) groups excluding carboxylic acids is 1. The molecule has 1 rings (SSSR count). The number of benzene rings is 1. The summed E-state index contributed by atoms with van der Waals surface area (Å²) in [5, 5.41) is 0. The quantitative estimate of drug-likeness (QED) is 0.570. The van der Waals surface area contributed by atoms with Crippen molar-refractivity contribution in [1.29, 1.82) is 0 Å². The molecule has 0 spiro atoms. The van der Waals surface area contributed by atoms with Gasteiger partial charge in [0.1, 0.15) is 0 Å². The maximum atomic E-state index is 11.8. The van der Waals surface area contributed by atoms with Gasteiger partial charge in [0.05, 0.1) is 17.3 Å². The SMILES string of the molecule is CC(=O)OCCCS(=O)(=O)NS(=O)(=O)c1ccccc1. The van der Waals surface area contributed by atoms with Crippen LogP contribution in [0.3, 0.4) is 0 Å². The van der Waals surface area contributed by atoms with Crippen LogP contribution in [0, 0.1) is 0 Å². The lowest BCUT2D eigenvalue weighted by Crippen LogP contribution is -2.33.